The molecule has 1 N–H and O–H groups in total. The summed E-state index contributed by atoms with van der Waals surface area (Å²) < 4.78 is 31.0. The number of benzene rings is 1. The predicted molar refractivity (Wildman–Crippen MR) is 102 cm³/mol. The van der Waals surface area contributed by atoms with Crippen molar-refractivity contribution in [3.63, 3.8) is 0 Å². The Morgan fingerprint density at radius 1 is 1.26 bits per heavy atom. The molecule has 0 spiro atoms. The first-order valence-corrected chi connectivity index (χ1v) is 9.75. The molecule has 1 amide bonds. The third kappa shape index (κ3) is 4.40. The Bertz CT molecular complexity index is 795. The van der Waals surface area contributed by atoms with Crippen LogP contribution in [-0.4, -0.2) is 30.3 Å². The van der Waals surface area contributed by atoms with E-state index in [1.165, 1.54) is 12.3 Å². The van der Waals surface area contributed by atoms with E-state index in [4.69, 9.17) is 4.74 Å². The second-order valence-electron chi connectivity index (χ2n) is 6.61. The third-order valence-electron chi connectivity index (χ3n) is 5.04. The number of carbonyl (C=O) groups excluding carboxylic acids is 1. The van der Waals surface area contributed by atoms with Crippen molar-refractivity contribution in [2.75, 3.05) is 13.7 Å². The minimum absolute atomic E-state index is 0.0442. The van der Waals surface area contributed by atoms with E-state index in [2.05, 4.69) is 10.3 Å². The van der Waals surface area contributed by atoms with Crippen LogP contribution in [0.1, 0.15) is 41.6 Å². The Morgan fingerprint density at radius 2 is 2.00 bits per heavy atom. The molecule has 0 bridgehead atoms. The van der Waals surface area contributed by atoms with Gasteiger partial charge in [0.05, 0.1) is 12.7 Å². The first-order chi connectivity index (χ1) is 13.1. The van der Waals surface area contributed by atoms with Crippen molar-refractivity contribution in [1.82, 2.24) is 10.3 Å². The summed E-state index contributed by atoms with van der Waals surface area (Å²) in [5.41, 5.74) is 1.05. The van der Waals surface area contributed by atoms with Gasteiger partial charge in [0.25, 0.3) is 11.7 Å². The number of aromatic nitrogens is 1. The molecule has 1 aromatic heterocycles. The monoisotopic (exact) mass is 392 g/mol. The quantitative estimate of drug-likeness (QED) is 0.697. The summed E-state index contributed by atoms with van der Waals surface area (Å²) in [6.45, 7) is 0.430. The Morgan fingerprint density at radius 3 is 2.70 bits per heavy atom. The van der Waals surface area contributed by atoms with Crippen LogP contribution in [0.25, 0.3) is 0 Å². The smallest absolute Gasteiger partial charge is 0.290 e. The number of nitrogens with one attached hydrogen (secondary N) is 1. The van der Waals surface area contributed by atoms with E-state index in [1.54, 1.807) is 13.2 Å². The van der Waals surface area contributed by atoms with Crippen LogP contribution in [0.15, 0.2) is 47.6 Å². The molecule has 2 aromatic rings. The molecule has 4 nitrogen and oxygen atoms in total. The topological polar surface area (TPSA) is 51.2 Å². The third-order valence-corrected chi connectivity index (χ3v) is 5.77. The zero-order chi connectivity index (χ0) is 19.3. The summed E-state index contributed by atoms with van der Waals surface area (Å²) in [7, 11) is 1.64. The average molecular weight is 392 g/mol. The van der Waals surface area contributed by atoms with E-state index in [1.807, 2.05) is 24.3 Å². The maximum Gasteiger partial charge on any atom is 0.290 e. The van der Waals surface area contributed by atoms with Crippen LogP contribution < -0.4 is 10.1 Å². The van der Waals surface area contributed by atoms with Gasteiger partial charge >= 0.3 is 0 Å². The van der Waals surface area contributed by atoms with Gasteiger partial charge in [-0.2, -0.15) is 8.78 Å². The average Bonchev–Trinajstić information content (AvgIpc) is 3.16. The number of hydrogen-bond donors (Lipinski definition) is 1. The van der Waals surface area contributed by atoms with E-state index in [0.29, 0.717) is 6.54 Å². The SMILES string of the molecule is COc1ccccc1C1(CNC(=O)c2cccnc2SC(F)F)CCCC1. The molecule has 0 saturated heterocycles. The predicted octanol–water partition coefficient (Wildman–Crippen LogP) is 4.65. The fourth-order valence-corrected chi connectivity index (χ4v) is 4.34. The van der Waals surface area contributed by atoms with Gasteiger partial charge in [-0.05, 0) is 42.8 Å². The van der Waals surface area contributed by atoms with Gasteiger partial charge < -0.3 is 10.1 Å². The Kier molecular flexibility index (Phi) is 6.31. The van der Waals surface area contributed by atoms with Crippen molar-refractivity contribution in [1.29, 1.82) is 0 Å². The number of methoxy groups -OCH3 is 1. The molecule has 3 rings (SSSR count). The van der Waals surface area contributed by atoms with Gasteiger partial charge in [0.2, 0.25) is 0 Å². The molecule has 1 aliphatic rings. The van der Waals surface area contributed by atoms with Crippen molar-refractivity contribution in [2.45, 2.75) is 41.9 Å². The first-order valence-electron chi connectivity index (χ1n) is 8.87. The van der Waals surface area contributed by atoms with Crippen molar-refractivity contribution >= 4 is 17.7 Å². The summed E-state index contributed by atoms with van der Waals surface area (Å²) in [5, 5.41) is 3.00. The lowest BCUT2D eigenvalue weighted by Crippen LogP contribution is -2.39. The highest BCUT2D eigenvalue weighted by Crippen LogP contribution is 2.44. The number of nitrogens with zero attached hydrogens (tertiary/aromatic N) is 1. The fraction of sp³-hybridized carbons (Fsp3) is 0.400. The van der Waals surface area contributed by atoms with Gasteiger partial charge in [0.1, 0.15) is 10.8 Å². The number of rotatable bonds is 7. The van der Waals surface area contributed by atoms with Crippen LogP contribution in [-0.2, 0) is 5.41 Å². The van der Waals surface area contributed by atoms with Gasteiger partial charge in [0.15, 0.2) is 0 Å². The summed E-state index contributed by atoms with van der Waals surface area (Å²) in [5.74, 6) is -2.20. The minimum atomic E-state index is -2.62. The molecule has 7 heteroatoms. The second kappa shape index (κ2) is 8.69. The standard InChI is InChI=1S/C20H22F2N2O2S/c1-26-16-9-3-2-8-15(16)20(10-4-5-11-20)13-24-17(25)14-7-6-12-23-18(14)27-19(21)22/h2-3,6-9,12,19H,4-5,10-11,13H2,1H3,(H,24,25). The lowest BCUT2D eigenvalue weighted by Gasteiger charge is -2.31. The number of halogens is 2. The maximum absolute atomic E-state index is 12.7. The van der Waals surface area contributed by atoms with E-state index < -0.39 is 5.76 Å². The van der Waals surface area contributed by atoms with E-state index in [9.17, 15) is 13.6 Å². The zero-order valence-corrected chi connectivity index (χ0v) is 15.9. The largest absolute Gasteiger partial charge is 0.496 e. The Balaban J connectivity index is 1.81. The second-order valence-corrected chi connectivity index (χ2v) is 7.58. The molecule has 0 unspecified atom stereocenters. The van der Waals surface area contributed by atoms with E-state index >= 15 is 0 Å². The number of para-hydroxylation sites is 1. The maximum atomic E-state index is 12.7. The van der Waals surface area contributed by atoms with Gasteiger partial charge in [0, 0.05) is 23.7 Å². The Labute approximate surface area is 161 Å². The molecular weight excluding hydrogens is 370 g/mol. The highest BCUT2D eigenvalue weighted by molar-refractivity contribution is 7.99. The molecular formula is C20H22F2N2O2S. The summed E-state index contributed by atoms with van der Waals surface area (Å²) in [4.78, 5) is 16.6. The number of carbonyl (C=O) groups is 1. The number of ether oxygens (including phenoxy) is 1. The highest BCUT2D eigenvalue weighted by atomic mass is 32.2. The summed E-state index contributed by atoms with van der Waals surface area (Å²) >= 11 is 0.288. The fourth-order valence-electron chi connectivity index (χ4n) is 3.76. The van der Waals surface area contributed by atoms with Crippen LogP contribution in [0.2, 0.25) is 0 Å². The van der Waals surface area contributed by atoms with Crippen molar-refractivity contribution in [2.24, 2.45) is 0 Å². The highest BCUT2D eigenvalue weighted by Gasteiger charge is 2.38. The molecule has 0 radical (unpaired) electrons. The summed E-state index contributed by atoms with van der Waals surface area (Å²) in [6, 6.07) is 11.0. The van der Waals surface area contributed by atoms with E-state index in [0.717, 1.165) is 37.0 Å². The number of thioether (sulfide) groups is 1. The number of pyridine rings is 1. The minimum Gasteiger partial charge on any atom is -0.496 e. The molecule has 1 saturated carbocycles. The lowest BCUT2D eigenvalue weighted by molar-refractivity contribution is 0.0939. The van der Waals surface area contributed by atoms with Crippen molar-refractivity contribution in [3.05, 3.63) is 53.7 Å². The van der Waals surface area contributed by atoms with Gasteiger partial charge in [-0.25, -0.2) is 4.98 Å². The van der Waals surface area contributed by atoms with E-state index in [-0.39, 0.29) is 33.7 Å². The molecule has 1 aromatic carbocycles. The van der Waals surface area contributed by atoms with Crippen LogP contribution in [0.4, 0.5) is 8.78 Å². The molecule has 0 atom stereocenters. The number of alkyl halides is 2. The van der Waals surface area contributed by atoms with Gasteiger partial charge in [-0.1, -0.05) is 31.0 Å². The van der Waals surface area contributed by atoms with Crippen molar-refractivity contribution < 1.29 is 18.3 Å². The molecule has 0 aliphatic heterocycles. The van der Waals surface area contributed by atoms with Crippen LogP contribution in [0.3, 0.4) is 0 Å². The number of amides is 1. The molecule has 1 heterocycles. The number of hydrogen-bond acceptors (Lipinski definition) is 4. The van der Waals surface area contributed by atoms with Gasteiger partial charge in [-0.15, -0.1) is 0 Å². The lowest BCUT2D eigenvalue weighted by atomic mass is 9.78. The Hall–Kier alpha value is -2.15. The molecule has 1 aliphatic carbocycles. The first kappa shape index (κ1) is 19.6. The van der Waals surface area contributed by atoms with Crippen LogP contribution in [0.5, 0.6) is 5.75 Å². The molecule has 144 valence electrons. The molecule has 1 fully saturated rings. The van der Waals surface area contributed by atoms with Crippen LogP contribution >= 0.6 is 11.8 Å². The van der Waals surface area contributed by atoms with Crippen LogP contribution in [0, 0.1) is 0 Å². The zero-order valence-electron chi connectivity index (χ0n) is 15.1. The summed E-state index contributed by atoms with van der Waals surface area (Å²) in [6.07, 6.45) is 5.45. The molecule has 27 heavy (non-hydrogen) atoms. The van der Waals surface area contributed by atoms with Crippen molar-refractivity contribution in [3.8, 4) is 5.75 Å². The van der Waals surface area contributed by atoms with Gasteiger partial charge in [-0.3, -0.25) is 4.79 Å². The normalized spacial score (nSPS) is 15.7.